The minimum Gasteiger partial charge on any atom is -0.311 e. The molecule has 0 fully saturated rings. The molecule has 0 aromatic heterocycles. The first-order chi connectivity index (χ1) is 5.41. The molecule has 1 unspecified atom stereocenters. The number of nitrogens with zero attached hydrogens (tertiary/aromatic N) is 1. The van der Waals surface area contributed by atoms with E-state index in [9.17, 15) is 4.79 Å². The lowest BCUT2D eigenvalue weighted by atomic mass is 10.3. The van der Waals surface area contributed by atoms with Gasteiger partial charge in [-0.1, -0.05) is 6.58 Å². The highest BCUT2D eigenvalue weighted by Crippen LogP contribution is 2.02. The van der Waals surface area contributed by atoms with E-state index in [-0.39, 0.29) is 12.1 Å². The third-order valence-corrected chi connectivity index (χ3v) is 1.70. The summed E-state index contributed by atoms with van der Waals surface area (Å²) < 4.78 is 0.670. The van der Waals surface area contributed by atoms with E-state index in [0.29, 0.717) is 10.9 Å². The number of carbonyl (C=O) groups is 1. The molecule has 0 saturated heterocycles. The van der Waals surface area contributed by atoms with Gasteiger partial charge in [0.25, 0.3) is 0 Å². The number of nitrogens with one attached hydrogen (secondary N) is 1. The van der Waals surface area contributed by atoms with Crippen molar-refractivity contribution in [1.29, 1.82) is 0 Å². The predicted octanol–water partition coefficient (Wildman–Crippen LogP) is 0.545. The zero-order valence-electron chi connectivity index (χ0n) is 8.13. The van der Waals surface area contributed by atoms with Crippen molar-refractivity contribution < 1.29 is 9.28 Å². The zero-order chi connectivity index (χ0) is 9.78. The minimum absolute atomic E-state index is 0.0514. The number of quaternary nitrogens is 1. The minimum atomic E-state index is -0.142. The van der Waals surface area contributed by atoms with Crippen molar-refractivity contribution in [3.05, 3.63) is 19.6 Å². The fourth-order valence-electron chi connectivity index (χ4n) is 0.876. The van der Waals surface area contributed by atoms with E-state index in [1.807, 2.05) is 21.1 Å². The molecule has 1 atom stereocenters. The van der Waals surface area contributed by atoms with Crippen molar-refractivity contribution in [2.24, 2.45) is 0 Å². The standard InChI is InChI=1S/C9H17N2O/c1-6-8(11(3,4)5)10-9(12)7-2/h7-8H,1-2,6H2,3-5H3/p+1. The second-order valence-electron chi connectivity index (χ2n) is 3.63. The molecule has 0 aliphatic carbocycles. The number of amides is 1. The topological polar surface area (TPSA) is 29.1 Å². The Labute approximate surface area is 74.7 Å². The van der Waals surface area contributed by atoms with E-state index in [0.717, 1.165) is 0 Å². The Balaban J connectivity index is 4.18. The second-order valence-corrected chi connectivity index (χ2v) is 3.63. The molecular weight excluding hydrogens is 152 g/mol. The summed E-state index contributed by atoms with van der Waals surface area (Å²) in [6.07, 6.45) is 2.00. The Morgan fingerprint density at radius 1 is 1.58 bits per heavy atom. The molecular formula is C9H18N2O+. The maximum absolute atomic E-state index is 11.0. The summed E-state index contributed by atoms with van der Waals surface area (Å²) in [4.78, 5) is 11.0. The number of carbonyl (C=O) groups excluding carboxylic acids is 1. The Morgan fingerprint density at radius 3 is 2.33 bits per heavy atom. The average Bonchev–Trinajstić information content (AvgIpc) is 1.97. The van der Waals surface area contributed by atoms with Crippen LogP contribution in [0.1, 0.15) is 6.42 Å². The third kappa shape index (κ3) is 3.53. The molecule has 0 heterocycles. The van der Waals surface area contributed by atoms with Gasteiger partial charge in [0.05, 0.1) is 21.1 Å². The summed E-state index contributed by atoms with van der Waals surface area (Å²) in [5, 5.41) is 2.81. The van der Waals surface area contributed by atoms with Crippen LogP contribution in [0.3, 0.4) is 0 Å². The van der Waals surface area contributed by atoms with Gasteiger partial charge in [-0.05, 0) is 13.0 Å². The molecule has 1 N–H and O–H groups in total. The molecule has 1 amide bonds. The molecule has 0 aliphatic rings. The maximum atomic E-state index is 11.0. The van der Waals surface area contributed by atoms with Crippen LogP contribution in [0.25, 0.3) is 0 Å². The van der Waals surface area contributed by atoms with Gasteiger partial charge in [0.2, 0.25) is 5.91 Å². The summed E-state index contributed by atoms with van der Waals surface area (Å²) in [6, 6.07) is 0. The van der Waals surface area contributed by atoms with E-state index < -0.39 is 0 Å². The van der Waals surface area contributed by atoms with Crippen LogP contribution < -0.4 is 5.32 Å². The molecule has 3 heteroatoms. The first kappa shape index (κ1) is 11.2. The van der Waals surface area contributed by atoms with Crippen LogP contribution in [-0.2, 0) is 4.79 Å². The Kier molecular flexibility index (Phi) is 3.96. The molecule has 3 nitrogen and oxygen atoms in total. The highest BCUT2D eigenvalue weighted by atomic mass is 16.1. The van der Waals surface area contributed by atoms with Gasteiger partial charge in [-0.2, -0.15) is 0 Å². The first-order valence-electron chi connectivity index (χ1n) is 3.95. The largest absolute Gasteiger partial charge is 0.311 e. The monoisotopic (exact) mass is 170 g/mol. The van der Waals surface area contributed by atoms with E-state index >= 15 is 0 Å². The normalized spacial score (nSPS) is 13.7. The van der Waals surface area contributed by atoms with Gasteiger partial charge < -0.3 is 9.80 Å². The Hall–Kier alpha value is -0.830. The quantitative estimate of drug-likeness (QED) is 0.372. The fraction of sp³-hybridized carbons (Fsp3) is 0.556. The predicted molar refractivity (Wildman–Crippen MR) is 50.1 cm³/mol. The summed E-state index contributed by atoms with van der Waals surface area (Å²) in [6.45, 7) is 7.17. The molecule has 0 bridgehead atoms. The molecule has 0 saturated carbocycles. The van der Waals surface area contributed by atoms with Crippen LogP contribution in [0.5, 0.6) is 0 Å². The molecule has 1 radical (unpaired) electrons. The molecule has 0 rings (SSSR count). The number of rotatable bonds is 4. The Bertz CT molecular complexity index is 170. The summed E-state index contributed by atoms with van der Waals surface area (Å²) in [5.41, 5.74) is 0. The SMILES string of the molecule is [CH2]CC(NC(=O)C=C)[N+](C)(C)C. The lowest BCUT2D eigenvalue weighted by Gasteiger charge is -2.33. The maximum Gasteiger partial charge on any atom is 0.247 e. The van der Waals surface area contributed by atoms with E-state index in [1.54, 1.807) is 0 Å². The molecule has 12 heavy (non-hydrogen) atoms. The van der Waals surface area contributed by atoms with E-state index in [2.05, 4.69) is 18.8 Å². The Morgan fingerprint density at radius 2 is 2.08 bits per heavy atom. The van der Waals surface area contributed by atoms with Crippen LogP contribution in [0.15, 0.2) is 12.7 Å². The molecule has 0 spiro atoms. The van der Waals surface area contributed by atoms with Crippen molar-refractivity contribution in [2.45, 2.75) is 12.6 Å². The highest BCUT2D eigenvalue weighted by molar-refractivity contribution is 5.86. The fourth-order valence-corrected chi connectivity index (χ4v) is 0.876. The lowest BCUT2D eigenvalue weighted by molar-refractivity contribution is -0.898. The summed E-state index contributed by atoms with van der Waals surface area (Å²) in [7, 11) is 6.04. The van der Waals surface area contributed by atoms with Crippen LogP contribution >= 0.6 is 0 Å². The van der Waals surface area contributed by atoms with Crippen molar-refractivity contribution in [2.75, 3.05) is 21.1 Å². The first-order valence-corrected chi connectivity index (χ1v) is 3.95. The van der Waals surface area contributed by atoms with Gasteiger partial charge in [-0.3, -0.25) is 4.79 Å². The van der Waals surface area contributed by atoms with Crippen molar-refractivity contribution in [3.63, 3.8) is 0 Å². The van der Waals surface area contributed by atoms with E-state index in [4.69, 9.17) is 0 Å². The van der Waals surface area contributed by atoms with Crippen molar-refractivity contribution in [3.8, 4) is 0 Å². The third-order valence-electron chi connectivity index (χ3n) is 1.70. The smallest absolute Gasteiger partial charge is 0.247 e. The average molecular weight is 170 g/mol. The van der Waals surface area contributed by atoms with E-state index in [1.165, 1.54) is 6.08 Å². The zero-order valence-corrected chi connectivity index (χ0v) is 8.13. The van der Waals surface area contributed by atoms with Gasteiger partial charge in [0.1, 0.15) is 0 Å². The molecule has 0 aromatic carbocycles. The van der Waals surface area contributed by atoms with Crippen LogP contribution in [-0.4, -0.2) is 37.7 Å². The van der Waals surface area contributed by atoms with Gasteiger partial charge >= 0.3 is 0 Å². The van der Waals surface area contributed by atoms with Crippen LogP contribution in [0.2, 0.25) is 0 Å². The number of hydrogen-bond donors (Lipinski definition) is 1. The summed E-state index contributed by atoms with van der Waals surface area (Å²) in [5.74, 6) is -0.142. The summed E-state index contributed by atoms with van der Waals surface area (Å²) >= 11 is 0. The highest BCUT2D eigenvalue weighted by Gasteiger charge is 2.22. The molecule has 0 aromatic rings. The van der Waals surface area contributed by atoms with Crippen LogP contribution in [0.4, 0.5) is 0 Å². The van der Waals surface area contributed by atoms with Gasteiger partial charge in [-0.25, -0.2) is 0 Å². The molecule has 69 valence electrons. The number of hydrogen-bond acceptors (Lipinski definition) is 1. The van der Waals surface area contributed by atoms with Crippen molar-refractivity contribution in [1.82, 2.24) is 5.32 Å². The van der Waals surface area contributed by atoms with Crippen LogP contribution in [0, 0.1) is 6.92 Å². The second kappa shape index (κ2) is 4.26. The van der Waals surface area contributed by atoms with Gasteiger partial charge in [0.15, 0.2) is 6.17 Å². The van der Waals surface area contributed by atoms with Crippen molar-refractivity contribution >= 4 is 5.91 Å². The lowest BCUT2D eigenvalue weighted by Crippen LogP contribution is -2.54. The van der Waals surface area contributed by atoms with Gasteiger partial charge in [-0.15, -0.1) is 0 Å². The molecule has 0 aliphatic heterocycles. The van der Waals surface area contributed by atoms with Gasteiger partial charge in [0, 0.05) is 6.42 Å².